The number of likely N-dealkylation sites (tertiary alicyclic amines) is 1. The number of amides is 2. The second-order valence-corrected chi connectivity index (χ2v) is 8.28. The Morgan fingerprint density at radius 2 is 2.19 bits per heavy atom. The molecule has 2 unspecified atom stereocenters. The van der Waals surface area contributed by atoms with Crippen molar-refractivity contribution in [3.8, 4) is 0 Å². The lowest BCUT2D eigenvalue weighted by molar-refractivity contribution is -0.121. The molecule has 1 fully saturated rings. The van der Waals surface area contributed by atoms with Crippen molar-refractivity contribution in [2.45, 2.75) is 45.6 Å². The van der Waals surface area contributed by atoms with Gasteiger partial charge in [0, 0.05) is 43.7 Å². The fraction of sp³-hybridized carbons (Fsp3) is 0.737. The molecule has 1 aliphatic heterocycles. The van der Waals surface area contributed by atoms with Gasteiger partial charge in [0.1, 0.15) is 5.69 Å². The van der Waals surface area contributed by atoms with Crippen LogP contribution in [0.4, 0.5) is 0 Å². The number of aromatic nitrogens is 2. The Morgan fingerprint density at radius 3 is 2.81 bits per heavy atom. The predicted octanol–water partition coefficient (Wildman–Crippen LogP) is 1.74. The molecule has 0 bridgehead atoms. The van der Waals surface area contributed by atoms with E-state index in [1.165, 1.54) is 0 Å². The molecule has 2 heterocycles. The number of aromatic amines is 1. The van der Waals surface area contributed by atoms with Gasteiger partial charge in [-0.15, -0.1) is 0 Å². The van der Waals surface area contributed by atoms with E-state index in [9.17, 15) is 9.59 Å². The first-order chi connectivity index (χ1) is 12.2. The van der Waals surface area contributed by atoms with Crippen LogP contribution in [0, 0.1) is 11.8 Å². The molecule has 2 N–H and O–H groups in total. The molecule has 2 rings (SSSR count). The Kier molecular flexibility index (Phi) is 6.81. The first-order valence-corrected chi connectivity index (χ1v) is 9.44. The Bertz CT molecular complexity index is 597. The lowest BCUT2D eigenvalue weighted by Crippen LogP contribution is -2.48. The minimum atomic E-state index is -0.298. The summed E-state index contributed by atoms with van der Waals surface area (Å²) in [7, 11) is 4.10. The van der Waals surface area contributed by atoms with Crippen LogP contribution >= 0.6 is 0 Å². The first-order valence-electron chi connectivity index (χ1n) is 9.44. The van der Waals surface area contributed by atoms with E-state index in [-0.39, 0.29) is 23.3 Å². The summed E-state index contributed by atoms with van der Waals surface area (Å²) in [6.45, 7) is 8.63. The molecule has 0 aliphatic carbocycles. The number of carbonyl (C=O) groups is 2. The van der Waals surface area contributed by atoms with Gasteiger partial charge in [-0.2, -0.15) is 5.10 Å². The van der Waals surface area contributed by atoms with Crippen LogP contribution in [-0.4, -0.2) is 71.1 Å². The van der Waals surface area contributed by atoms with Crippen molar-refractivity contribution in [1.29, 1.82) is 0 Å². The van der Waals surface area contributed by atoms with Crippen molar-refractivity contribution in [3.63, 3.8) is 0 Å². The highest BCUT2D eigenvalue weighted by atomic mass is 16.2. The van der Waals surface area contributed by atoms with E-state index >= 15 is 0 Å². The SMILES string of the molecule is CC(CCC(=O)NCC1CCN(C(=O)c2ccn[nH]2)C1(C)C)CN(C)C. The minimum Gasteiger partial charge on any atom is -0.356 e. The second kappa shape index (κ2) is 8.66. The van der Waals surface area contributed by atoms with Gasteiger partial charge in [0.15, 0.2) is 0 Å². The van der Waals surface area contributed by atoms with Crippen molar-refractivity contribution in [1.82, 2.24) is 25.3 Å². The summed E-state index contributed by atoms with van der Waals surface area (Å²) in [5, 5.41) is 9.68. The molecule has 7 nitrogen and oxygen atoms in total. The van der Waals surface area contributed by atoms with E-state index in [0.717, 1.165) is 19.4 Å². The number of nitrogens with zero attached hydrogens (tertiary/aromatic N) is 3. The third-order valence-electron chi connectivity index (χ3n) is 5.46. The molecule has 1 aromatic rings. The topological polar surface area (TPSA) is 81.3 Å². The summed E-state index contributed by atoms with van der Waals surface area (Å²) in [5.41, 5.74) is 0.214. The highest BCUT2D eigenvalue weighted by molar-refractivity contribution is 5.93. The van der Waals surface area contributed by atoms with Crippen LogP contribution in [0.15, 0.2) is 12.3 Å². The van der Waals surface area contributed by atoms with E-state index in [1.807, 2.05) is 4.90 Å². The van der Waals surface area contributed by atoms with Crippen LogP contribution in [-0.2, 0) is 4.79 Å². The number of H-pyrrole nitrogens is 1. The molecule has 1 aromatic heterocycles. The van der Waals surface area contributed by atoms with Gasteiger partial charge in [-0.25, -0.2) is 0 Å². The van der Waals surface area contributed by atoms with Crippen LogP contribution < -0.4 is 5.32 Å². The molecule has 0 saturated carbocycles. The van der Waals surface area contributed by atoms with E-state index in [4.69, 9.17) is 0 Å². The number of hydrogen-bond acceptors (Lipinski definition) is 4. The van der Waals surface area contributed by atoms with Crippen LogP contribution in [0.2, 0.25) is 0 Å². The maximum absolute atomic E-state index is 12.6. The number of hydrogen-bond donors (Lipinski definition) is 2. The summed E-state index contributed by atoms with van der Waals surface area (Å²) in [6.07, 6.45) is 3.93. The molecule has 26 heavy (non-hydrogen) atoms. The van der Waals surface area contributed by atoms with E-state index < -0.39 is 0 Å². The molecule has 2 atom stereocenters. The smallest absolute Gasteiger partial charge is 0.272 e. The van der Waals surface area contributed by atoms with Crippen LogP contribution in [0.1, 0.15) is 50.5 Å². The van der Waals surface area contributed by atoms with Gasteiger partial charge in [-0.3, -0.25) is 14.7 Å². The van der Waals surface area contributed by atoms with Crippen molar-refractivity contribution < 1.29 is 9.59 Å². The Balaban J connectivity index is 1.81. The van der Waals surface area contributed by atoms with Crippen molar-refractivity contribution in [3.05, 3.63) is 18.0 Å². The zero-order valence-corrected chi connectivity index (χ0v) is 16.7. The molecule has 0 spiro atoms. The zero-order valence-electron chi connectivity index (χ0n) is 16.7. The summed E-state index contributed by atoms with van der Waals surface area (Å²) in [5.74, 6) is 0.822. The quantitative estimate of drug-likeness (QED) is 0.737. The fourth-order valence-electron chi connectivity index (χ4n) is 3.80. The first kappa shape index (κ1) is 20.4. The largest absolute Gasteiger partial charge is 0.356 e. The van der Waals surface area contributed by atoms with Gasteiger partial charge in [-0.05, 0) is 52.8 Å². The minimum absolute atomic E-state index is 0.0289. The highest BCUT2D eigenvalue weighted by Crippen LogP contribution is 2.35. The number of rotatable bonds is 8. The summed E-state index contributed by atoms with van der Waals surface area (Å²) < 4.78 is 0. The Labute approximate surface area is 156 Å². The molecule has 1 saturated heterocycles. The van der Waals surface area contributed by atoms with E-state index in [1.54, 1.807) is 12.3 Å². The van der Waals surface area contributed by atoms with Gasteiger partial charge in [0.2, 0.25) is 5.91 Å². The molecule has 1 aliphatic rings. The van der Waals surface area contributed by atoms with Crippen LogP contribution in [0.5, 0.6) is 0 Å². The summed E-state index contributed by atoms with van der Waals surface area (Å²) in [4.78, 5) is 28.9. The standard InChI is InChI=1S/C19H33N5O2/c1-14(13-23(4)5)6-7-17(25)20-12-15-9-11-24(19(15,2)3)18(26)16-8-10-21-22-16/h8,10,14-15H,6-7,9,11-13H2,1-5H3,(H,20,25)(H,21,22). The second-order valence-electron chi connectivity index (χ2n) is 8.28. The summed E-state index contributed by atoms with van der Waals surface area (Å²) in [6, 6.07) is 1.70. The molecule has 7 heteroatoms. The maximum atomic E-state index is 12.6. The van der Waals surface area contributed by atoms with Gasteiger partial charge in [0.05, 0.1) is 0 Å². The van der Waals surface area contributed by atoms with Crippen molar-refractivity contribution >= 4 is 11.8 Å². The predicted molar refractivity (Wildman–Crippen MR) is 102 cm³/mol. The third-order valence-corrected chi connectivity index (χ3v) is 5.46. The Hall–Kier alpha value is -1.89. The maximum Gasteiger partial charge on any atom is 0.272 e. The van der Waals surface area contributed by atoms with Crippen molar-refractivity contribution in [2.75, 3.05) is 33.7 Å². The lowest BCUT2D eigenvalue weighted by atomic mass is 9.88. The molecule has 146 valence electrons. The average Bonchev–Trinajstić information content (AvgIpc) is 3.17. The van der Waals surface area contributed by atoms with Crippen molar-refractivity contribution in [2.24, 2.45) is 11.8 Å². The monoisotopic (exact) mass is 363 g/mol. The normalized spacial score (nSPS) is 20.4. The summed E-state index contributed by atoms with van der Waals surface area (Å²) >= 11 is 0. The molecule has 0 radical (unpaired) electrons. The van der Waals surface area contributed by atoms with Crippen LogP contribution in [0.25, 0.3) is 0 Å². The molecule has 0 aromatic carbocycles. The molecular weight excluding hydrogens is 330 g/mol. The Morgan fingerprint density at radius 1 is 1.46 bits per heavy atom. The van der Waals surface area contributed by atoms with Gasteiger partial charge in [-0.1, -0.05) is 6.92 Å². The van der Waals surface area contributed by atoms with Gasteiger partial charge in [0.25, 0.3) is 5.91 Å². The van der Waals surface area contributed by atoms with Gasteiger partial charge < -0.3 is 15.1 Å². The number of nitrogens with one attached hydrogen (secondary N) is 2. The van der Waals surface area contributed by atoms with E-state index in [0.29, 0.717) is 31.1 Å². The molecule has 2 amide bonds. The van der Waals surface area contributed by atoms with Gasteiger partial charge >= 0.3 is 0 Å². The fourth-order valence-corrected chi connectivity index (χ4v) is 3.80. The average molecular weight is 364 g/mol. The van der Waals surface area contributed by atoms with Crippen LogP contribution in [0.3, 0.4) is 0 Å². The highest BCUT2D eigenvalue weighted by Gasteiger charge is 2.44. The third kappa shape index (κ3) is 5.06. The zero-order chi connectivity index (χ0) is 19.3. The molecular formula is C19H33N5O2. The number of carbonyl (C=O) groups excluding carboxylic acids is 2. The van der Waals surface area contributed by atoms with E-state index in [2.05, 4.69) is 55.3 Å². The lowest BCUT2D eigenvalue weighted by Gasteiger charge is -2.36.